The molecule has 1 aromatic carbocycles. The SMILES string of the molecule is CN1CCN(S(=O)(=O)c2cccc(C(=O)N3CCN(c4ccccn4)CC3)c2)CC1. The lowest BCUT2D eigenvalue weighted by Crippen LogP contribution is -2.49. The largest absolute Gasteiger partial charge is 0.353 e. The summed E-state index contributed by atoms with van der Waals surface area (Å²) >= 11 is 0. The molecule has 0 unspecified atom stereocenters. The van der Waals surface area contributed by atoms with E-state index in [1.54, 1.807) is 29.3 Å². The Labute approximate surface area is 177 Å². The fourth-order valence-electron chi connectivity index (χ4n) is 3.83. The van der Waals surface area contributed by atoms with E-state index in [2.05, 4.69) is 14.8 Å². The van der Waals surface area contributed by atoms with Gasteiger partial charge in [-0.25, -0.2) is 13.4 Å². The standard InChI is InChI=1S/C21H27N5O3S/c1-23-9-15-26(16-10-23)30(28,29)19-6-4-5-18(17-19)21(27)25-13-11-24(12-14-25)20-7-2-3-8-22-20/h2-8,17H,9-16H2,1H3. The first-order valence-corrected chi connectivity index (χ1v) is 11.6. The number of nitrogens with zero attached hydrogens (tertiary/aromatic N) is 5. The van der Waals surface area contributed by atoms with Gasteiger partial charge in [-0.3, -0.25) is 4.79 Å². The van der Waals surface area contributed by atoms with Gasteiger partial charge in [-0.2, -0.15) is 4.31 Å². The van der Waals surface area contributed by atoms with Gasteiger partial charge in [0.25, 0.3) is 5.91 Å². The molecule has 2 aliphatic heterocycles. The van der Waals surface area contributed by atoms with Gasteiger partial charge in [-0.15, -0.1) is 0 Å². The highest BCUT2D eigenvalue weighted by Crippen LogP contribution is 2.20. The number of piperazine rings is 2. The Kier molecular flexibility index (Phi) is 6.03. The van der Waals surface area contributed by atoms with Gasteiger partial charge in [0.05, 0.1) is 4.90 Å². The maximum absolute atomic E-state index is 13.0. The number of amides is 1. The molecule has 0 saturated carbocycles. The smallest absolute Gasteiger partial charge is 0.254 e. The van der Waals surface area contributed by atoms with Crippen LogP contribution < -0.4 is 4.90 Å². The summed E-state index contributed by atoms with van der Waals surface area (Å²) in [7, 11) is -1.61. The van der Waals surface area contributed by atoms with E-state index in [9.17, 15) is 13.2 Å². The fraction of sp³-hybridized carbons (Fsp3) is 0.429. The Balaban J connectivity index is 1.44. The molecule has 9 heteroatoms. The van der Waals surface area contributed by atoms with Gasteiger partial charge in [0.2, 0.25) is 10.0 Å². The van der Waals surface area contributed by atoms with Crippen molar-refractivity contribution in [1.29, 1.82) is 0 Å². The molecule has 0 bridgehead atoms. The quantitative estimate of drug-likeness (QED) is 0.721. The zero-order chi connectivity index (χ0) is 21.1. The number of rotatable bonds is 4. The van der Waals surface area contributed by atoms with Crippen LogP contribution in [-0.4, -0.2) is 92.8 Å². The molecule has 2 fully saturated rings. The van der Waals surface area contributed by atoms with Gasteiger partial charge in [0, 0.05) is 64.1 Å². The van der Waals surface area contributed by atoms with Crippen molar-refractivity contribution in [2.75, 3.05) is 64.3 Å². The van der Waals surface area contributed by atoms with Crippen LogP contribution >= 0.6 is 0 Å². The number of likely N-dealkylation sites (N-methyl/N-ethyl adjacent to an activating group) is 1. The molecule has 0 radical (unpaired) electrons. The summed E-state index contributed by atoms with van der Waals surface area (Å²) in [5, 5.41) is 0. The summed E-state index contributed by atoms with van der Waals surface area (Å²) < 4.78 is 27.5. The first-order valence-electron chi connectivity index (χ1n) is 10.2. The van der Waals surface area contributed by atoms with E-state index in [1.807, 2.05) is 25.2 Å². The molecule has 160 valence electrons. The predicted molar refractivity (Wildman–Crippen MR) is 115 cm³/mol. The molecule has 4 rings (SSSR count). The molecule has 2 aromatic rings. The van der Waals surface area contributed by atoms with Crippen molar-refractivity contribution in [3.8, 4) is 0 Å². The van der Waals surface area contributed by atoms with Gasteiger partial charge >= 0.3 is 0 Å². The zero-order valence-corrected chi connectivity index (χ0v) is 18.0. The number of carbonyl (C=O) groups is 1. The lowest BCUT2D eigenvalue weighted by Gasteiger charge is -2.35. The molecule has 8 nitrogen and oxygen atoms in total. The van der Waals surface area contributed by atoms with Crippen LogP contribution in [0.5, 0.6) is 0 Å². The second-order valence-corrected chi connectivity index (χ2v) is 9.64. The molecule has 2 saturated heterocycles. The first kappa shape index (κ1) is 20.8. The summed E-state index contributed by atoms with van der Waals surface area (Å²) in [5.41, 5.74) is 0.413. The summed E-state index contributed by atoms with van der Waals surface area (Å²) in [6, 6.07) is 12.2. The van der Waals surface area contributed by atoms with Crippen LogP contribution in [0.25, 0.3) is 0 Å². The second kappa shape index (κ2) is 8.71. The second-order valence-electron chi connectivity index (χ2n) is 7.70. The van der Waals surface area contributed by atoms with E-state index in [4.69, 9.17) is 0 Å². The maximum atomic E-state index is 13.0. The fourth-order valence-corrected chi connectivity index (χ4v) is 5.30. The molecular formula is C21H27N5O3S. The van der Waals surface area contributed by atoms with Crippen LogP contribution in [-0.2, 0) is 10.0 Å². The van der Waals surface area contributed by atoms with Gasteiger partial charge in [-0.1, -0.05) is 12.1 Å². The Morgan fingerprint density at radius 1 is 0.900 bits per heavy atom. The van der Waals surface area contributed by atoms with E-state index in [0.717, 1.165) is 5.82 Å². The Bertz CT molecular complexity index is 983. The van der Waals surface area contributed by atoms with E-state index >= 15 is 0 Å². The number of sulfonamides is 1. The highest BCUT2D eigenvalue weighted by molar-refractivity contribution is 7.89. The summed E-state index contributed by atoms with van der Waals surface area (Å²) in [4.78, 5) is 23.6. The zero-order valence-electron chi connectivity index (χ0n) is 17.1. The predicted octanol–water partition coefficient (Wildman–Crippen LogP) is 0.980. The number of pyridine rings is 1. The molecule has 0 atom stereocenters. The van der Waals surface area contributed by atoms with Crippen LogP contribution in [0.15, 0.2) is 53.6 Å². The first-order chi connectivity index (χ1) is 14.4. The maximum Gasteiger partial charge on any atom is 0.254 e. The number of benzene rings is 1. The number of hydrogen-bond donors (Lipinski definition) is 0. The van der Waals surface area contributed by atoms with Crippen LogP contribution in [0.2, 0.25) is 0 Å². The van der Waals surface area contributed by atoms with Gasteiger partial charge in [0.1, 0.15) is 5.82 Å². The lowest BCUT2D eigenvalue weighted by atomic mass is 10.2. The molecule has 30 heavy (non-hydrogen) atoms. The third-order valence-electron chi connectivity index (χ3n) is 5.72. The molecular weight excluding hydrogens is 402 g/mol. The molecule has 3 heterocycles. The minimum atomic E-state index is -3.60. The van der Waals surface area contributed by atoms with E-state index in [0.29, 0.717) is 57.9 Å². The Hall–Kier alpha value is -2.49. The molecule has 2 aliphatic rings. The summed E-state index contributed by atoms with van der Waals surface area (Å²) in [5.74, 6) is 0.774. The molecule has 0 N–H and O–H groups in total. The monoisotopic (exact) mass is 429 g/mol. The number of hydrogen-bond acceptors (Lipinski definition) is 6. The van der Waals surface area contributed by atoms with Crippen LogP contribution in [0.3, 0.4) is 0 Å². The summed E-state index contributed by atoms with van der Waals surface area (Å²) in [6.07, 6.45) is 1.76. The summed E-state index contributed by atoms with van der Waals surface area (Å²) in [6.45, 7) is 4.88. The average molecular weight is 430 g/mol. The van der Waals surface area contributed by atoms with Crippen molar-refractivity contribution in [1.82, 2.24) is 19.1 Å². The van der Waals surface area contributed by atoms with Crippen LogP contribution in [0.1, 0.15) is 10.4 Å². The third-order valence-corrected chi connectivity index (χ3v) is 7.62. The third kappa shape index (κ3) is 4.33. The van der Waals surface area contributed by atoms with Crippen molar-refractivity contribution < 1.29 is 13.2 Å². The van der Waals surface area contributed by atoms with Crippen molar-refractivity contribution in [3.05, 3.63) is 54.2 Å². The van der Waals surface area contributed by atoms with E-state index in [-0.39, 0.29) is 10.8 Å². The molecule has 1 amide bonds. The van der Waals surface area contributed by atoms with Crippen molar-refractivity contribution in [2.24, 2.45) is 0 Å². The number of aromatic nitrogens is 1. The van der Waals surface area contributed by atoms with E-state index < -0.39 is 10.0 Å². The Morgan fingerprint density at radius 2 is 1.63 bits per heavy atom. The normalized spacial score (nSPS) is 19.1. The number of anilines is 1. The van der Waals surface area contributed by atoms with Crippen molar-refractivity contribution in [2.45, 2.75) is 4.90 Å². The molecule has 0 aliphatic carbocycles. The molecule has 0 spiro atoms. The van der Waals surface area contributed by atoms with Gasteiger partial charge in [-0.05, 0) is 37.4 Å². The van der Waals surface area contributed by atoms with Gasteiger partial charge < -0.3 is 14.7 Å². The van der Waals surface area contributed by atoms with Crippen molar-refractivity contribution in [3.63, 3.8) is 0 Å². The highest BCUT2D eigenvalue weighted by atomic mass is 32.2. The number of carbonyl (C=O) groups excluding carboxylic acids is 1. The minimum absolute atomic E-state index is 0.133. The minimum Gasteiger partial charge on any atom is -0.353 e. The van der Waals surface area contributed by atoms with Crippen LogP contribution in [0.4, 0.5) is 5.82 Å². The average Bonchev–Trinajstić information content (AvgIpc) is 2.80. The van der Waals surface area contributed by atoms with Gasteiger partial charge in [0.15, 0.2) is 0 Å². The van der Waals surface area contributed by atoms with Crippen LogP contribution in [0, 0.1) is 0 Å². The Morgan fingerprint density at radius 3 is 2.30 bits per heavy atom. The molecule has 1 aromatic heterocycles. The lowest BCUT2D eigenvalue weighted by molar-refractivity contribution is 0.0746. The van der Waals surface area contributed by atoms with Crippen molar-refractivity contribution >= 4 is 21.7 Å². The van der Waals surface area contributed by atoms with E-state index in [1.165, 1.54) is 10.4 Å². The highest BCUT2D eigenvalue weighted by Gasteiger charge is 2.29. The topological polar surface area (TPSA) is 77.1 Å².